The quantitative estimate of drug-likeness (QED) is 0.689. The van der Waals surface area contributed by atoms with E-state index in [9.17, 15) is 9.59 Å². The van der Waals surface area contributed by atoms with Crippen LogP contribution in [0.4, 0.5) is 5.95 Å². The molecule has 1 fully saturated rings. The molecule has 4 rings (SSSR count). The third kappa shape index (κ3) is 4.59. The van der Waals surface area contributed by atoms with Gasteiger partial charge in [0.2, 0.25) is 11.9 Å². The van der Waals surface area contributed by atoms with Crippen molar-refractivity contribution in [1.82, 2.24) is 24.8 Å². The first kappa shape index (κ1) is 19.0. The molecule has 0 spiro atoms. The van der Waals surface area contributed by atoms with Crippen molar-refractivity contribution in [2.75, 3.05) is 18.0 Å². The van der Waals surface area contributed by atoms with Crippen LogP contribution in [0.5, 0.6) is 0 Å². The van der Waals surface area contributed by atoms with Crippen LogP contribution in [-0.2, 0) is 17.9 Å². The highest BCUT2D eigenvalue weighted by molar-refractivity contribution is 5.77. The van der Waals surface area contributed by atoms with E-state index in [1.54, 1.807) is 18.3 Å². The molecule has 1 aliphatic rings. The second-order valence-corrected chi connectivity index (χ2v) is 7.18. The number of anilines is 1. The number of nitrogens with one attached hydrogen (secondary N) is 1. The van der Waals surface area contributed by atoms with Crippen molar-refractivity contribution in [3.63, 3.8) is 0 Å². The van der Waals surface area contributed by atoms with Gasteiger partial charge in [0.25, 0.3) is 5.56 Å². The van der Waals surface area contributed by atoms with E-state index in [0.717, 1.165) is 37.6 Å². The summed E-state index contributed by atoms with van der Waals surface area (Å²) < 4.78 is 1.47. The molecule has 1 saturated heterocycles. The highest BCUT2D eigenvalue weighted by atomic mass is 16.1. The lowest BCUT2D eigenvalue weighted by Crippen LogP contribution is -2.31. The topological polar surface area (TPSA) is 93.0 Å². The second kappa shape index (κ2) is 8.81. The summed E-state index contributed by atoms with van der Waals surface area (Å²) in [4.78, 5) is 40.1. The Kier molecular flexibility index (Phi) is 5.79. The van der Waals surface area contributed by atoms with Crippen LogP contribution in [0.2, 0.25) is 0 Å². The van der Waals surface area contributed by atoms with E-state index in [1.165, 1.54) is 17.3 Å². The van der Waals surface area contributed by atoms with Gasteiger partial charge in [0.05, 0.1) is 29.5 Å². The number of rotatable bonds is 6. The molecule has 3 aromatic rings. The van der Waals surface area contributed by atoms with Gasteiger partial charge in [0.1, 0.15) is 0 Å². The Morgan fingerprint density at radius 1 is 1.07 bits per heavy atom. The molecule has 1 aromatic carbocycles. The zero-order chi connectivity index (χ0) is 20.1. The SMILES string of the molecule is O=C(CCn1cnc2ccccc2c1=O)NCc1ccnc(N2CCCCC2)n1. The van der Waals surface area contributed by atoms with E-state index >= 15 is 0 Å². The van der Waals surface area contributed by atoms with E-state index in [0.29, 0.717) is 17.4 Å². The molecule has 0 bridgehead atoms. The fourth-order valence-corrected chi connectivity index (χ4v) is 3.49. The van der Waals surface area contributed by atoms with Gasteiger partial charge >= 0.3 is 0 Å². The van der Waals surface area contributed by atoms with Crippen LogP contribution in [-0.4, -0.2) is 38.5 Å². The Balaban J connectivity index is 1.33. The van der Waals surface area contributed by atoms with Crippen molar-refractivity contribution in [3.05, 3.63) is 58.9 Å². The molecule has 0 radical (unpaired) electrons. The van der Waals surface area contributed by atoms with Crippen molar-refractivity contribution in [3.8, 4) is 0 Å². The van der Waals surface area contributed by atoms with Gasteiger partial charge in [-0.05, 0) is 37.5 Å². The first-order valence-electron chi connectivity index (χ1n) is 9.98. The minimum absolute atomic E-state index is 0.134. The summed E-state index contributed by atoms with van der Waals surface area (Å²) in [5.41, 5.74) is 1.30. The summed E-state index contributed by atoms with van der Waals surface area (Å²) in [6, 6.07) is 9.01. The smallest absolute Gasteiger partial charge is 0.261 e. The van der Waals surface area contributed by atoms with Gasteiger partial charge in [0.15, 0.2) is 0 Å². The normalized spacial score (nSPS) is 14.1. The van der Waals surface area contributed by atoms with Gasteiger partial charge < -0.3 is 10.2 Å². The fourth-order valence-electron chi connectivity index (χ4n) is 3.49. The van der Waals surface area contributed by atoms with Gasteiger partial charge in [-0.25, -0.2) is 15.0 Å². The van der Waals surface area contributed by atoms with Crippen LogP contribution in [0.15, 0.2) is 47.7 Å². The highest BCUT2D eigenvalue weighted by Gasteiger charge is 2.14. The maximum Gasteiger partial charge on any atom is 0.261 e. The van der Waals surface area contributed by atoms with Crippen molar-refractivity contribution in [1.29, 1.82) is 0 Å². The number of piperidine rings is 1. The predicted molar refractivity (Wildman–Crippen MR) is 111 cm³/mol. The molecule has 29 heavy (non-hydrogen) atoms. The van der Waals surface area contributed by atoms with Gasteiger partial charge in [-0.2, -0.15) is 0 Å². The lowest BCUT2D eigenvalue weighted by molar-refractivity contribution is -0.121. The number of aromatic nitrogens is 4. The lowest BCUT2D eigenvalue weighted by Gasteiger charge is -2.26. The third-order valence-electron chi connectivity index (χ3n) is 5.12. The average Bonchev–Trinajstić information content (AvgIpc) is 2.78. The molecule has 1 amide bonds. The van der Waals surface area contributed by atoms with Crippen LogP contribution in [0.25, 0.3) is 10.9 Å². The Morgan fingerprint density at radius 3 is 2.76 bits per heavy atom. The lowest BCUT2D eigenvalue weighted by atomic mass is 10.1. The number of para-hydroxylation sites is 1. The molecular weight excluding hydrogens is 368 g/mol. The van der Waals surface area contributed by atoms with Crippen LogP contribution in [0.1, 0.15) is 31.4 Å². The molecule has 3 heterocycles. The molecule has 2 aromatic heterocycles. The molecule has 0 saturated carbocycles. The summed E-state index contributed by atoms with van der Waals surface area (Å²) in [5.74, 6) is 0.591. The average molecular weight is 392 g/mol. The molecule has 0 unspecified atom stereocenters. The van der Waals surface area contributed by atoms with Crippen molar-refractivity contribution >= 4 is 22.8 Å². The van der Waals surface area contributed by atoms with Crippen LogP contribution < -0.4 is 15.8 Å². The third-order valence-corrected chi connectivity index (χ3v) is 5.12. The molecule has 0 aliphatic carbocycles. The summed E-state index contributed by atoms with van der Waals surface area (Å²) >= 11 is 0. The van der Waals surface area contributed by atoms with Gasteiger partial charge in [-0.1, -0.05) is 12.1 Å². The van der Waals surface area contributed by atoms with E-state index in [1.807, 2.05) is 18.2 Å². The molecule has 8 heteroatoms. The Labute approximate surface area is 168 Å². The first-order chi connectivity index (χ1) is 14.2. The van der Waals surface area contributed by atoms with Crippen molar-refractivity contribution in [2.45, 2.75) is 38.8 Å². The number of nitrogens with zero attached hydrogens (tertiary/aromatic N) is 5. The van der Waals surface area contributed by atoms with Crippen molar-refractivity contribution < 1.29 is 4.79 Å². The van der Waals surface area contributed by atoms with Crippen molar-refractivity contribution in [2.24, 2.45) is 0 Å². The Bertz CT molecular complexity index is 1060. The van der Waals surface area contributed by atoms with Crippen LogP contribution in [0, 0.1) is 0 Å². The number of hydrogen-bond acceptors (Lipinski definition) is 6. The minimum atomic E-state index is -0.136. The van der Waals surface area contributed by atoms with Gasteiger partial charge in [-0.3, -0.25) is 14.2 Å². The number of aryl methyl sites for hydroxylation is 1. The van der Waals surface area contributed by atoms with Gasteiger partial charge in [-0.15, -0.1) is 0 Å². The van der Waals surface area contributed by atoms with E-state index < -0.39 is 0 Å². The summed E-state index contributed by atoms with van der Waals surface area (Å²) in [6.45, 7) is 2.58. The molecule has 8 nitrogen and oxygen atoms in total. The van der Waals surface area contributed by atoms with E-state index in [2.05, 4.69) is 25.2 Å². The molecule has 1 N–H and O–H groups in total. The Hall–Kier alpha value is -3.29. The maximum atomic E-state index is 12.5. The number of hydrogen-bond donors (Lipinski definition) is 1. The zero-order valence-corrected chi connectivity index (χ0v) is 16.3. The molecular formula is C21H24N6O2. The highest BCUT2D eigenvalue weighted by Crippen LogP contribution is 2.15. The monoisotopic (exact) mass is 392 g/mol. The number of benzene rings is 1. The van der Waals surface area contributed by atoms with Crippen LogP contribution in [0.3, 0.4) is 0 Å². The minimum Gasteiger partial charge on any atom is -0.350 e. The maximum absolute atomic E-state index is 12.5. The second-order valence-electron chi connectivity index (χ2n) is 7.18. The summed E-state index contributed by atoms with van der Waals surface area (Å²) in [6.07, 6.45) is 7.00. The molecule has 150 valence electrons. The van der Waals surface area contributed by atoms with E-state index in [-0.39, 0.29) is 24.4 Å². The van der Waals surface area contributed by atoms with E-state index in [4.69, 9.17) is 0 Å². The standard InChI is InChI=1S/C21H24N6O2/c28-19(9-13-27-15-24-18-7-3-2-6-17(18)20(27)29)23-14-16-8-10-22-21(25-16)26-11-4-1-5-12-26/h2-3,6-8,10,15H,1,4-5,9,11-14H2,(H,23,28). The molecule has 0 atom stereocenters. The largest absolute Gasteiger partial charge is 0.350 e. The number of amides is 1. The Morgan fingerprint density at radius 2 is 1.90 bits per heavy atom. The number of carbonyl (C=O) groups is 1. The first-order valence-corrected chi connectivity index (χ1v) is 9.98. The molecule has 1 aliphatic heterocycles. The number of carbonyl (C=O) groups excluding carboxylic acids is 1. The summed E-state index contributed by atoms with van der Waals surface area (Å²) in [5, 5.41) is 3.43. The fraction of sp³-hybridized carbons (Fsp3) is 0.381. The summed E-state index contributed by atoms with van der Waals surface area (Å²) in [7, 11) is 0. The zero-order valence-electron chi connectivity index (χ0n) is 16.3. The van der Waals surface area contributed by atoms with Gasteiger partial charge in [0, 0.05) is 32.3 Å². The predicted octanol–water partition coefficient (Wildman–Crippen LogP) is 1.88. The van der Waals surface area contributed by atoms with Crippen LogP contribution >= 0.6 is 0 Å². The number of fused-ring (bicyclic) bond motifs is 1.